The van der Waals surface area contributed by atoms with Crippen molar-refractivity contribution in [3.8, 4) is 0 Å². The molecule has 0 aliphatic carbocycles. The van der Waals surface area contributed by atoms with E-state index in [1.807, 2.05) is 54.6 Å². The molecule has 0 saturated carbocycles. The summed E-state index contributed by atoms with van der Waals surface area (Å²) in [6.45, 7) is 14.8. The van der Waals surface area contributed by atoms with Crippen molar-refractivity contribution < 1.29 is 67.7 Å². The molecule has 29 N–H and O–H groups in total. The minimum atomic E-state index is -1.86. The second-order valence-corrected chi connectivity index (χ2v) is 34.3. The number of aliphatic hydroxyl groups excluding tert-OH is 1. The zero-order chi connectivity index (χ0) is 84.9. The van der Waals surface area contributed by atoms with Gasteiger partial charge < -0.3 is 115 Å². The molecule has 1 unspecified atom stereocenters. The fraction of sp³-hybridized carbons (Fsp3) is 0.541. The van der Waals surface area contributed by atoms with Crippen molar-refractivity contribution in [2.24, 2.45) is 76.7 Å². The van der Waals surface area contributed by atoms with Gasteiger partial charge >= 0.3 is 5.97 Å². The first-order valence-corrected chi connectivity index (χ1v) is 40.3. The molecule has 1 aliphatic rings. The molecular weight excluding hydrogens is 1530 g/mol. The zero-order valence-electron chi connectivity index (χ0n) is 65.9. The van der Waals surface area contributed by atoms with Gasteiger partial charge in [0.2, 0.25) is 65.0 Å². The number of aliphatic imine (C=N–C) groups is 4. The fourth-order valence-corrected chi connectivity index (χ4v) is 15.9. The number of nitrogens with zero attached hydrogens (tertiary/aromatic N) is 4. The Morgan fingerprint density at radius 1 is 0.553 bits per heavy atom. The highest BCUT2D eigenvalue weighted by Crippen LogP contribution is 2.39. The average Bonchev–Trinajstić information content (AvgIpc) is 1.41. The second-order valence-electron chi connectivity index (χ2n) is 30.4. The molecule has 1 fully saturated rings. The fourth-order valence-electron chi connectivity index (χ4n) is 12.1. The van der Waals surface area contributed by atoms with Crippen LogP contribution in [0.3, 0.4) is 0 Å². The molecule has 40 heteroatoms. The maximum absolute atomic E-state index is 15.9. The van der Waals surface area contributed by atoms with Crippen LogP contribution in [0.5, 0.6) is 0 Å². The Hall–Kier alpha value is -10.7. The van der Waals surface area contributed by atoms with E-state index in [0.29, 0.717) is 16.5 Å². The van der Waals surface area contributed by atoms with E-state index in [1.165, 1.54) is 18.3 Å². The van der Waals surface area contributed by atoms with Crippen LogP contribution in [0.25, 0.3) is 20.9 Å². The van der Waals surface area contributed by atoms with Crippen molar-refractivity contribution in [1.82, 2.24) is 58.5 Å². The van der Waals surface area contributed by atoms with Crippen LogP contribution in [0.2, 0.25) is 0 Å². The van der Waals surface area contributed by atoms with E-state index in [9.17, 15) is 43.8 Å². The van der Waals surface area contributed by atoms with E-state index < -0.39 is 159 Å². The maximum atomic E-state index is 15.9. The highest BCUT2D eigenvalue weighted by atomic mass is 33.1. The number of nitrogens with two attached hydrogens (primary N) is 8. The first kappa shape index (κ1) is 93.9. The molecule has 11 amide bonds. The van der Waals surface area contributed by atoms with Gasteiger partial charge in [-0.05, 0) is 122 Å². The Morgan fingerprint density at radius 3 is 1.52 bits per heavy atom. The van der Waals surface area contributed by atoms with Crippen LogP contribution in [-0.2, 0) is 70.4 Å². The van der Waals surface area contributed by atoms with Crippen molar-refractivity contribution >= 4 is 149 Å². The number of amides is 11. The normalized spacial score (nSPS) is 20.3. The molecule has 1 aromatic heterocycles. The minimum Gasteiger partial charge on any atom is -0.480 e. The van der Waals surface area contributed by atoms with Gasteiger partial charge in [-0.1, -0.05) is 124 Å². The predicted molar refractivity (Wildman–Crippen MR) is 442 cm³/mol. The first-order valence-electron chi connectivity index (χ1n) is 37.1. The molecule has 0 bridgehead atoms. The third-order valence-corrected chi connectivity index (χ3v) is 22.5. The first-order chi connectivity index (χ1) is 53.4. The molecule has 37 nitrogen and oxygen atoms in total. The third kappa shape index (κ3) is 30.6. The third-order valence-electron chi connectivity index (χ3n) is 18.1. The Labute approximate surface area is 673 Å². The summed E-state index contributed by atoms with van der Waals surface area (Å²) in [5, 5.41) is 55.2. The molecule has 4 aromatic rings. The van der Waals surface area contributed by atoms with E-state index in [-0.39, 0.29) is 120 Å². The zero-order valence-corrected chi connectivity index (χ0v) is 68.3. The van der Waals surface area contributed by atoms with Crippen molar-refractivity contribution in [1.29, 1.82) is 0 Å². The lowest BCUT2D eigenvalue weighted by Gasteiger charge is -2.38. The molecule has 2 heterocycles. The maximum Gasteiger partial charge on any atom is 0.326 e. The number of benzene rings is 3. The van der Waals surface area contributed by atoms with Crippen LogP contribution in [0.15, 0.2) is 92.1 Å². The van der Waals surface area contributed by atoms with Gasteiger partial charge in [-0.15, -0.1) is 11.3 Å². The number of fused-ring (bicyclic) bond motifs is 2. The number of carboxylic acid groups (broad SMARTS) is 1. The largest absolute Gasteiger partial charge is 0.480 e. The molecule has 0 radical (unpaired) electrons. The summed E-state index contributed by atoms with van der Waals surface area (Å²) in [6.07, 6.45) is -2.56. The number of carbonyl (C=O) groups is 12. The topological polar surface area (TPSA) is 635 Å². The Balaban J connectivity index is 1.73. The Bertz CT molecular complexity index is 4160. The van der Waals surface area contributed by atoms with Crippen LogP contribution < -0.4 is 104 Å². The summed E-state index contributed by atoms with van der Waals surface area (Å²) < 4.78 is -0.775. The van der Waals surface area contributed by atoms with Gasteiger partial charge in [0.25, 0.3) is 0 Å². The van der Waals surface area contributed by atoms with E-state index >= 15 is 24.0 Å². The molecular formula is C74H113N23O14S3. The minimum absolute atomic E-state index is 0.0156. The summed E-state index contributed by atoms with van der Waals surface area (Å²) in [4.78, 5) is 193. The SMILES string of the molecule is CC(=O)N[C@H]1CSSC(C)(C)[C@@H](C(=O)N[C@H](C(=O)N[C@H](C(=O)N[C@@H](CCCN=C(N)N)C(=O)N[C@H](C(=O)O)C(C)(C)C)C(C)O)C(C)(C)C)NC(=O)[C@H](Cc2csc3ccccc23)NC(=O)[C@H](Cc2ccc3ccccc3c2)NC(=O)[C@H](CCCN=C(N)N)NC(=O)[C@H](CCCN=C(N)N)NC(=O)[C@@H](CCCN=C(N)N)NC1=O. The molecule has 0 spiro atoms. The standard InChI is InChI=1S/C74H113N23O14S3/c1-38(98)53(64(107)91-48(25-18-32-86-71(81)82)60(103)97-56(67(110)111)73(6,7)8)94-65(108)54(72(3,4)5)95-66(109)55-74(9,10)114-113-37-51(87-39(2)99)63(106)90-46(23-16-30-84-69(77)78)58(101)88-45(22-15-29-83-68(75)76)57(100)89-47(24-17-31-85-70(79)80)59(102)92-49(34-40-27-28-41-19-11-12-20-42(41)33-40)61(104)93-50(62(105)96-55)35-43-36-112-52-26-14-13-21-44(43)52/h11-14,19-21,26-28,33,36,38,45-51,53-56,98H,15-18,22-25,29-32,34-35,37H2,1-10H3,(H,87,99)(H,88,101)(H,89,100)(H,90,106)(H,91,107)(H,92,102)(H,93,104)(H,94,108)(H,95,109)(H,96,105)(H,97,103)(H,110,111)(H4,75,76,83)(H4,77,78,84)(H4,79,80,85)(H4,81,82,86)/t38?,45-,46+,47-,48-,49-,50-,51-,53-,54+,55+,56+/m0/s1. The van der Waals surface area contributed by atoms with Gasteiger partial charge in [0, 0.05) is 61.1 Å². The van der Waals surface area contributed by atoms with Crippen molar-refractivity contribution in [2.75, 3.05) is 31.9 Å². The molecule has 3 aromatic carbocycles. The monoisotopic (exact) mass is 1640 g/mol. The highest BCUT2D eigenvalue weighted by molar-refractivity contribution is 8.77. The smallest absolute Gasteiger partial charge is 0.326 e. The number of guanidine groups is 4. The number of hydrogen-bond acceptors (Lipinski definition) is 20. The molecule has 1 saturated heterocycles. The molecule has 114 heavy (non-hydrogen) atoms. The van der Waals surface area contributed by atoms with E-state index in [1.54, 1.807) is 72.9 Å². The number of carbonyl (C=O) groups excluding carboxylic acids is 11. The Kier molecular flexibility index (Phi) is 36.3. The molecule has 1 aliphatic heterocycles. The number of rotatable bonds is 31. The lowest BCUT2D eigenvalue weighted by atomic mass is 9.85. The lowest BCUT2D eigenvalue weighted by Crippen LogP contribution is -2.66. The second kappa shape index (κ2) is 44.1. The van der Waals surface area contributed by atoms with Crippen LogP contribution in [-0.4, -0.2) is 214 Å². The van der Waals surface area contributed by atoms with Gasteiger partial charge in [0.05, 0.1) is 6.10 Å². The van der Waals surface area contributed by atoms with Crippen LogP contribution in [0.4, 0.5) is 0 Å². The Morgan fingerprint density at radius 2 is 1.02 bits per heavy atom. The molecule has 12 atom stereocenters. The number of thiophene rings is 1. The summed E-state index contributed by atoms with van der Waals surface area (Å²) in [5.74, 6) is -13.1. The average molecular weight is 1650 g/mol. The van der Waals surface area contributed by atoms with Crippen molar-refractivity contribution in [3.05, 3.63) is 83.2 Å². The van der Waals surface area contributed by atoms with Crippen molar-refractivity contribution in [3.63, 3.8) is 0 Å². The predicted octanol–water partition coefficient (Wildman–Crippen LogP) is -1.86. The summed E-state index contributed by atoms with van der Waals surface area (Å²) in [6, 6.07) is 2.71. The quantitative estimate of drug-likeness (QED) is 0.0114. The summed E-state index contributed by atoms with van der Waals surface area (Å²) in [7, 11) is 1.89. The van der Waals surface area contributed by atoms with Gasteiger partial charge in [-0.3, -0.25) is 72.7 Å². The van der Waals surface area contributed by atoms with Gasteiger partial charge in [-0.25, -0.2) is 4.79 Å². The van der Waals surface area contributed by atoms with Crippen molar-refractivity contribution in [2.45, 2.75) is 211 Å². The van der Waals surface area contributed by atoms with Gasteiger partial charge in [0.1, 0.15) is 66.5 Å². The molecule has 5 rings (SSSR count). The van der Waals surface area contributed by atoms with E-state index in [4.69, 9.17) is 45.9 Å². The van der Waals surface area contributed by atoms with Crippen LogP contribution in [0, 0.1) is 10.8 Å². The van der Waals surface area contributed by atoms with Gasteiger partial charge in [0.15, 0.2) is 23.8 Å². The number of aliphatic hydroxyl groups is 1. The van der Waals surface area contributed by atoms with Crippen LogP contribution in [0.1, 0.15) is 132 Å². The summed E-state index contributed by atoms with van der Waals surface area (Å²) >= 11 is 1.35. The number of hydrogen-bond donors (Lipinski definition) is 21. The van der Waals surface area contributed by atoms with Crippen LogP contribution >= 0.6 is 32.9 Å². The lowest BCUT2D eigenvalue weighted by molar-refractivity contribution is -0.145. The van der Waals surface area contributed by atoms with E-state index in [0.717, 1.165) is 44.0 Å². The number of nitrogens with one attached hydrogen (secondary N) is 11. The number of aliphatic carboxylic acids is 1. The number of carboxylic acids is 1. The van der Waals surface area contributed by atoms with E-state index in [2.05, 4.69) is 78.5 Å². The molecule has 626 valence electrons. The van der Waals surface area contributed by atoms with Gasteiger partial charge in [-0.2, -0.15) is 0 Å². The summed E-state index contributed by atoms with van der Waals surface area (Å²) in [5.41, 5.74) is 43.9. The highest BCUT2D eigenvalue weighted by Gasteiger charge is 2.45.